The minimum atomic E-state index is -3.66. The molecule has 1 amide bonds. The summed E-state index contributed by atoms with van der Waals surface area (Å²) in [6.45, 7) is 4.49. The van der Waals surface area contributed by atoms with Crippen LogP contribution in [-0.4, -0.2) is 49.8 Å². The van der Waals surface area contributed by atoms with Crippen molar-refractivity contribution in [2.75, 3.05) is 26.2 Å². The van der Waals surface area contributed by atoms with Crippen LogP contribution < -0.4 is 5.43 Å². The Hall–Kier alpha value is -1.15. The molecule has 2 unspecified atom stereocenters. The molecule has 0 radical (unpaired) electrons. The maximum atomic E-state index is 13.0. The third-order valence-electron chi connectivity index (χ3n) is 5.87. The number of piperidine rings is 1. The quantitative estimate of drug-likeness (QED) is 0.782. The van der Waals surface area contributed by atoms with E-state index in [1.54, 1.807) is 18.2 Å². The molecule has 1 aromatic rings. The fourth-order valence-corrected chi connectivity index (χ4v) is 6.08. The Morgan fingerprint density at radius 3 is 2.46 bits per heavy atom. The lowest BCUT2D eigenvalue weighted by molar-refractivity contribution is -0.131. The van der Waals surface area contributed by atoms with Gasteiger partial charge in [-0.3, -0.25) is 10.2 Å². The van der Waals surface area contributed by atoms with Gasteiger partial charge in [-0.2, -0.15) is 4.31 Å². The van der Waals surface area contributed by atoms with Crippen LogP contribution in [0.15, 0.2) is 29.2 Å². The Balaban J connectivity index is 1.65. The molecule has 3 rings (SSSR count). The normalized spacial score (nSPS) is 23.7. The molecule has 2 atom stereocenters. The van der Waals surface area contributed by atoms with E-state index in [1.807, 2.05) is 11.9 Å². The highest BCUT2D eigenvalue weighted by molar-refractivity contribution is 7.89. The molecule has 6 nitrogen and oxygen atoms in total. The Kier molecular flexibility index (Phi) is 7.36. The van der Waals surface area contributed by atoms with Gasteiger partial charge in [-0.25, -0.2) is 13.4 Å². The third kappa shape index (κ3) is 5.06. The summed E-state index contributed by atoms with van der Waals surface area (Å²) in [4.78, 5) is 12.9. The van der Waals surface area contributed by atoms with E-state index in [2.05, 4.69) is 5.43 Å². The predicted octanol–water partition coefficient (Wildman–Crippen LogP) is 3.28. The van der Waals surface area contributed by atoms with Crippen molar-refractivity contribution in [3.63, 3.8) is 0 Å². The number of sulfonamides is 1. The summed E-state index contributed by atoms with van der Waals surface area (Å²) in [7, 11) is -3.66. The zero-order chi connectivity index (χ0) is 20.1. The van der Waals surface area contributed by atoms with Crippen molar-refractivity contribution in [1.29, 1.82) is 0 Å². The molecule has 8 heteroatoms. The van der Waals surface area contributed by atoms with Gasteiger partial charge in [-0.1, -0.05) is 43.5 Å². The summed E-state index contributed by atoms with van der Waals surface area (Å²) >= 11 is 6.12. The summed E-state index contributed by atoms with van der Waals surface area (Å²) in [5.74, 6) is -0.255. The van der Waals surface area contributed by atoms with Crippen molar-refractivity contribution in [2.45, 2.75) is 50.3 Å². The fraction of sp³-hybridized carbons (Fsp3) is 0.650. The van der Waals surface area contributed by atoms with E-state index in [0.29, 0.717) is 13.1 Å². The van der Waals surface area contributed by atoms with Crippen LogP contribution in [0.5, 0.6) is 0 Å². The average Bonchev–Trinajstić information content (AvgIpc) is 2.96. The summed E-state index contributed by atoms with van der Waals surface area (Å²) < 4.78 is 27.6. The topological polar surface area (TPSA) is 69.7 Å². The van der Waals surface area contributed by atoms with Gasteiger partial charge >= 0.3 is 0 Å². The summed E-state index contributed by atoms with van der Waals surface area (Å²) in [6.07, 6.45) is 6.21. The summed E-state index contributed by atoms with van der Waals surface area (Å²) in [5, 5.41) is 2.25. The molecule has 2 aliphatic heterocycles. The first-order chi connectivity index (χ1) is 13.4. The highest BCUT2D eigenvalue weighted by atomic mass is 35.5. The Morgan fingerprint density at radius 1 is 1.11 bits per heavy atom. The molecule has 156 valence electrons. The molecule has 2 heterocycles. The van der Waals surface area contributed by atoms with Gasteiger partial charge in [-0.15, -0.1) is 0 Å². The molecular weight excluding hydrogens is 398 g/mol. The lowest BCUT2D eigenvalue weighted by atomic mass is 9.87. The predicted molar refractivity (Wildman–Crippen MR) is 110 cm³/mol. The Bertz CT molecular complexity index is 779. The van der Waals surface area contributed by atoms with Gasteiger partial charge in [0, 0.05) is 32.1 Å². The molecule has 1 aromatic carbocycles. The van der Waals surface area contributed by atoms with E-state index in [4.69, 9.17) is 11.6 Å². The molecule has 0 aliphatic carbocycles. The van der Waals surface area contributed by atoms with E-state index in [9.17, 15) is 13.2 Å². The highest BCUT2D eigenvalue weighted by Crippen LogP contribution is 2.30. The number of carbonyl (C=O) groups is 1. The van der Waals surface area contributed by atoms with Crippen molar-refractivity contribution in [2.24, 2.45) is 11.8 Å². The number of hydrogen-bond donors (Lipinski definition) is 1. The van der Waals surface area contributed by atoms with E-state index in [-0.39, 0.29) is 27.7 Å². The lowest BCUT2D eigenvalue weighted by Gasteiger charge is -2.35. The molecule has 2 saturated heterocycles. The number of nitrogens with zero attached hydrogens (tertiary/aromatic N) is 2. The van der Waals surface area contributed by atoms with Gasteiger partial charge in [0.2, 0.25) is 15.9 Å². The van der Waals surface area contributed by atoms with E-state index in [1.165, 1.54) is 23.2 Å². The van der Waals surface area contributed by atoms with Gasteiger partial charge < -0.3 is 0 Å². The van der Waals surface area contributed by atoms with Crippen molar-refractivity contribution >= 4 is 27.5 Å². The minimum absolute atomic E-state index is 0.00186. The molecular formula is C20H30ClN3O3S. The first-order valence-electron chi connectivity index (χ1n) is 10.2. The average molecular weight is 428 g/mol. The van der Waals surface area contributed by atoms with E-state index < -0.39 is 10.0 Å². The number of amides is 1. The van der Waals surface area contributed by atoms with Gasteiger partial charge in [0.25, 0.3) is 0 Å². The highest BCUT2D eigenvalue weighted by Gasteiger charge is 2.35. The molecule has 0 bridgehead atoms. The van der Waals surface area contributed by atoms with E-state index >= 15 is 0 Å². The van der Waals surface area contributed by atoms with Crippen LogP contribution in [0.25, 0.3) is 0 Å². The van der Waals surface area contributed by atoms with E-state index in [0.717, 1.165) is 38.8 Å². The third-order valence-corrected chi connectivity index (χ3v) is 8.24. The number of nitrogens with one attached hydrogen (secondary N) is 1. The zero-order valence-electron chi connectivity index (χ0n) is 16.4. The van der Waals surface area contributed by atoms with Crippen LogP contribution in [0.1, 0.15) is 45.4 Å². The second-order valence-electron chi connectivity index (χ2n) is 7.86. The van der Waals surface area contributed by atoms with Gasteiger partial charge in [0.15, 0.2) is 0 Å². The van der Waals surface area contributed by atoms with Crippen LogP contribution in [0.4, 0.5) is 0 Å². The van der Waals surface area contributed by atoms with Crippen LogP contribution in [0.2, 0.25) is 5.02 Å². The van der Waals surface area contributed by atoms with Crippen LogP contribution in [-0.2, 0) is 14.8 Å². The SMILES string of the molecule is CC(C(=O)NN1CCCCCC1)C1CCCN(S(=O)(=O)c2ccccc2Cl)C1. The number of halogens is 1. The molecule has 1 N–H and O–H groups in total. The number of hydrogen-bond acceptors (Lipinski definition) is 4. The number of carbonyl (C=O) groups excluding carboxylic acids is 1. The van der Waals surface area contributed by atoms with Gasteiger partial charge in [0.1, 0.15) is 4.90 Å². The standard InChI is InChI=1S/C20H30ClN3O3S/c1-16(20(25)22-23-12-6-2-3-7-13-23)17-9-8-14-24(15-17)28(26,27)19-11-5-4-10-18(19)21/h4-5,10-11,16-17H,2-3,6-9,12-15H2,1H3,(H,22,25). The lowest BCUT2D eigenvalue weighted by Crippen LogP contribution is -2.49. The number of hydrazine groups is 1. The van der Waals surface area contributed by atoms with Gasteiger partial charge in [0.05, 0.1) is 5.02 Å². The zero-order valence-corrected chi connectivity index (χ0v) is 18.0. The number of rotatable bonds is 5. The maximum absolute atomic E-state index is 13.0. The fourth-order valence-electron chi connectivity index (χ4n) is 4.05. The van der Waals surface area contributed by atoms with Crippen molar-refractivity contribution < 1.29 is 13.2 Å². The number of benzene rings is 1. The van der Waals surface area contributed by atoms with Crippen molar-refractivity contribution in [1.82, 2.24) is 14.7 Å². The smallest absolute Gasteiger partial charge is 0.244 e. The summed E-state index contributed by atoms with van der Waals surface area (Å²) in [5.41, 5.74) is 3.06. The molecule has 0 aromatic heterocycles. The Morgan fingerprint density at radius 2 is 1.79 bits per heavy atom. The van der Waals surface area contributed by atoms with Gasteiger partial charge in [-0.05, 0) is 43.7 Å². The van der Waals surface area contributed by atoms with Crippen LogP contribution >= 0.6 is 11.6 Å². The first-order valence-corrected chi connectivity index (χ1v) is 12.0. The summed E-state index contributed by atoms with van der Waals surface area (Å²) in [6, 6.07) is 6.52. The molecule has 2 fully saturated rings. The Labute approximate surface area is 173 Å². The van der Waals surface area contributed by atoms with Crippen LogP contribution in [0.3, 0.4) is 0 Å². The second-order valence-corrected chi connectivity index (χ2v) is 10.2. The largest absolute Gasteiger partial charge is 0.289 e. The first kappa shape index (κ1) is 21.6. The molecule has 0 saturated carbocycles. The van der Waals surface area contributed by atoms with Crippen molar-refractivity contribution in [3.05, 3.63) is 29.3 Å². The molecule has 0 spiro atoms. The minimum Gasteiger partial charge on any atom is -0.289 e. The van der Waals surface area contributed by atoms with Crippen LogP contribution in [0, 0.1) is 11.8 Å². The molecule has 2 aliphatic rings. The maximum Gasteiger partial charge on any atom is 0.244 e. The van der Waals surface area contributed by atoms with Crippen molar-refractivity contribution in [3.8, 4) is 0 Å². The second kappa shape index (κ2) is 9.57. The molecule has 28 heavy (non-hydrogen) atoms. The monoisotopic (exact) mass is 427 g/mol.